The van der Waals surface area contributed by atoms with E-state index in [-0.39, 0.29) is 36.0 Å². The van der Waals surface area contributed by atoms with E-state index in [0.717, 1.165) is 27.5 Å². The summed E-state index contributed by atoms with van der Waals surface area (Å²) in [5.41, 5.74) is 3.34. The number of thioether (sulfide) groups is 1. The van der Waals surface area contributed by atoms with Crippen LogP contribution in [-0.4, -0.2) is 39.6 Å². The van der Waals surface area contributed by atoms with Crippen molar-refractivity contribution in [3.63, 3.8) is 0 Å². The molecule has 0 spiro atoms. The Kier molecular flexibility index (Phi) is 7.15. The van der Waals surface area contributed by atoms with Crippen LogP contribution in [0.4, 0.5) is 10.1 Å². The number of amides is 2. The van der Waals surface area contributed by atoms with Crippen LogP contribution in [-0.2, 0) is 9.59 Å². The third-order valence-electron chi connectivity index (χ3n) is 6.53. The van der Waals surface area contributed by atoms with Crippen LogP contribution in [0.3, 0.4) is 0 Å². The number of carbonyl (C=O) groups is 2. The Morgan fingerprint density at radius 3 is 2.27 bits per heavy atom. The SMILES string of the molecule is CC(C)N(CC(=O)N1c2ccccc2-n2cccc2[C@@H]1c1ccc(F)cc1)C(=O)CSc1ccccc1. The lowest BCUT2D eigenvalue weighted by molar-refractivity contribution is -0.134. The van der Waals surface area contributed by atoms with E-state index in [1.807, 2.05) is 86.8 Å². The second kappa shape index (κ2) is 10.6. The van der Waals surface area contributed by atoms with Crippen molar-refractivity contribution in [3.8, 4) is 5.69 Å². The Morgan fingerprint density at radius 2 is 1.57 bits per heavy atom. The maximum absolute atomic E-state index is 14.1. The lowest BCUT2D eigenvalue weighted by Gasteiger charge is -2.40. The molecule has 37 heavy (non-hydrogen) atoms. The molecule has 0 saturated heterocycles. The molecule has 0 aliphatic carbocycles. The van der Waals surface area contributed by atoms with Crippen molar-refractivity contribution < 1.29 is 14.0 Å². The van der Waals surface area contributed by atoms with Gasteiger partial charge in [0, 0.05) is 17.1 Å². The molecule has 7 heteroatoms. The molecule has 0 radical (unpaired) electrons. The van der Waals surface area contributed by atoms with Crippen LogP contribution in [0.25, 0.3) is 5.69 Å². The average molecular weight is 514 g/mol. The number of hydrogen-bond donors (Lipinski definition) is 0. The lowest BCUT2D eigenvalue weighted by Crippen LogP contribution is -2.49. The van der Waals surface area contributed by atoms with Crippen molar-refractivity contribution in [2.24, 2.45) is 0 Å². The number of para-hydroxylation sites is 2. The zero-order valence-electron chi connectivity index (χ0n) is 20.8. The molecule has 0 bridgehead atoms. The predicted molar refractivity (Wildman–Crippen MR) is 146 cm³/mol. The second-order valence-corrected chi connectivity index (χ2v) is 10.3. The molecule has 2 amide bonds. The van der Waals surface area contributed by atoms with Gasteiger partial charge in [-0.25, -0.2) is 4.39 Å². The van der Waals surface area contributed by atoms with Crippen LogP contribution in [0.15, 0.2) is 102 Å². The number of fused-ring (bicyclic) bond motifs is 3. The fraction of sp³-hybridized carbons (Fsp3) is 0.200. The largest absolute Gasteiger partial charge is 0.330 e. The molecule has 1 aliphatic rings. The minimum atomic E-state index is -0.458. The van der Waals surface area contributed by atoms with Gasteiger partial charge in [0.1, 0.15) is 18.4 Å². The molecule has 0 N–H and O–H groups in total. The van der Waals surface area contributed by atoms with Gasteiger partial charge in [0.25, 0.3) is 0 Å². The molecule has 0 unspecified atom stereocenters. The third-order valence-corrected chi connectivity index (χ3v) is 7.53. The summed E-state index contributed by atoms with van der Waals surface area (Å²) >= 11 is 1.46. The van der Waals surface area contributed by atoms with Gasteiger partial charge in [-0.3, -0.25) is 14.5 Å². The molecule has 0 fully saturated rings. The summed E-state index contributed by atoms with van der Waals surface area (Å²) in [6.45, 7) is 3.79. The van der Waals surface area contributed by atoms with Gasteiger partial charge in [-0.05, 0) is 67.9 Å². The standard InChI is InChI=1S/C30H28FN3O2S/c1-21(2)33(29(36)20-37-24-9-4-3-5-10-24)19-28(35)34-26-12-7-6-11-25(26)32-18-8-13-27(32)30(34)22-14-16-23(31)17-15-22/h3-18,21,30H,19-20H2,1-2H3/t30-/m0/s1. The zero-order valence-corrected chi connectivity index (χ0v) is 21.6. The first-order valence-corrected chi connectivity index (χ1v) is 13.2. The normalized spacial score (nSPS) is 14.3. The van der Waals surface area contributed by atoms with Crippen LogP contribution >= 0.6 is 11.8 Å². The van der Waals surface area contributed by atoms with Gasteiger partial charge in [0.05, 0.1) is 22.8 Å². The lowest BCUT2D eigenvalue weighted by atomic mass is 9.97. The first kappa shape index (κ1) is 24.8. The predicted octanol–water partition coefficient (Wildman–Crippen LogP) is 6.08. The van der Waals surface area contributed by atoms with Gasteiger partial charge in [-0.1, -0.05) is 42.5 Å². The quantitative estimate of drug-likeness (QED) is 0.281. The summed E-state index contributed by atoms with van der Waals surface area (Å²) < 4.78 is 15.9. The summed E-state index contributed by atoms with van der Waals surface area (Å²) in [6, 6.07) is 27.1. The van der Waals surface area contributed by atoms with E-state index in [2.05, 4.69) is 4.57 Å². The molecule has 188 valence electrons. The molecule has 5 rings (SSSR count). The van der Waals surface area contributed by atoms with Gasteiger partial charge in [0.2, 0.25) is 11.8 Å². The van der Waals surface area contributed by atoms with E-state index in [1.54, 1.807) is 21.9 Å². The fourth-order valence-electron chi connectivity index (χ4n) is 4.75. The molecule has 0 saturated carbocycles. The number of anilines is 1. The van der Waals surface area contributed by atoms with Crippen molar-refractivity contribution in [3.05, 3.63) is 114 Å². The minimum Gasteiger partial charge on any atom is -0.330 e. The highest BCUT2D eigenvalue weighted by molar-refractivity contribution is 8.00. The van der Waals surface area contributed by atoms with Gasteiger partial charge < -0.3 is 9.47 Å². The number of carbonyl (C=O) groups excluding carboxylic acids is 2. The zero-order chi connectivity index (χ0) is 25.9. The average Bonchev–Trinajstić information content (AvgIpc) is 3.40. The third kappa shape index (κ3) is 5.04. The molecule has 2 heterocycles. The number of halogens is 1. The molecule has 1 aliphatic heterocycles. The molecule has 1 aromatic heterocycles. The molecule has 4 aromatic rings. The molecule has 1 atom stereocenters. The van der Waals surface area contributed by atoms with E-state index in [1.165, 1.54) is 23.9 Å². The van der Waals surface area contributed by atoms with Crippen molar-refractivity contribution in [1.29, 1.82) is 0 Å². The van der Waals surface area contributed by atoms with Crippen molar-refractivity contribution in [2.75, 3.05) is 17.2 Å². The summed E-state index contributed by atoms with van der Waals surface area (Å²) in [6.07, 6.45) is 1.97. The van der Waals surface area contributed by atoms with Gasteiger partial charge in [-0.15, -0.1) is 11.8 Å². The van der Waals surface area contributed by atoms with Crippen LogP contribution in [0.5, 0.6) is 0 Å². The van der Waals surface area contributed by atoms with Crippen LogP contribution < -0.4 is 4.90 Å². The molecule has 5 nitrogen and oxygen atoms in total. The first-order chi connectivity index (χ1) is 17.9. The molecule has 3 aromatic carbocycles. The van der Waals surface area contributed by atoms with E-state index < -0.39 is 6.04 Å². The smallest absolute Gasteiger partial charge is 0.247 e. The van der Waals surface area contributed by atoms with Crippen molar-refractivity contribution >= 4 is 29.3 Å². The highest BCUT2D eigenvalue weighted by Crippen LogP contribution is 2.42. The van der Waals surface area contributed by atoms with Gasteiger partial charge in [0.15, 0.2) is 0 Å². The van der Waals surface area contributed by atoms with E-state index in [4.69, 9.17) is 0 Å². The van der Waals surface area contributed by atoms with Gasteiger partial charge in [-0.2, -0.15) is 0 Å². The number of nitrogens with zero attached hydrogens (tertiary/aromatic N) is 3. The van der Waals surface area contributed by atoms with Crippen LogP contribution in [0, 0.1) is 5.82 Å². The van der Waals surface area contributed by atoms with Crippen LogP contribution in [0.1, 0.15) is 31.1 Å². The summed E-state index contributed by atoms with van der Waals surface area (Å²) in [5, 5.41) is 0. The monoisotopic (exact) mass is 513 g/mol. The Morgan fingerprint density at radius 1 is 0.892 bits per heavy atom. The fourth-order valence-corrected chi connectivity index (χ4v) is 5.55. The Hall–Kier alpha value is -3.84. The topological polar surface area (TPSA) is 45.6 Å². The van der Waals surface area contributed by atoms with E-state index in [0.29, 0.717) is 0 Å². The number of rotatable bonds is 7. The second-order valence-electron chi connectivity index (χ2n) is 9.23. The number of aromatic nitrogens is 1. The highest BCUT2D eigenvalue weighted by Gasteiger charge is 2.37. The Bertz CT molecular complexity index is 1400. The summed E-state index contributed by atoms with van der Waals surface area (Å²) in [5.74, 6) is -0.373. The maximum Gasteiger partial charge on any atom is 0.247 e. The van der Waals surface area contributed by atoms with Gasteiger partial charge >= 0.3 is 0 Å². The van der Waals surface area contributed by atoms with Crippen molar-refractivity contribution in [2.45, 2.75) is 30.8 Å². The highest BCUT2D eigenvalue weighted by atomic mass is 32.2. The Balaban J connectivity index is 1.47. The summed E-state index contributed by atoms with van der Waals surface area (Å²) in [4.78, 5) is 31.7. The number of hydrogen-bond acceptors (Lipinski definition) is 3. The maximum atomic E-state index is 14.1. The summed E-state index contributed by atoms with van der Waals surface area (Å²) in [7, 11) is 0. The first-order valence-electron chi connectivity index (χ1n) is 12.3. The molecular weight excluding hydrogens is 485 g/mol. The van der Waals surface area contributed by atoms with E-state index >= 15 is 0 Å². The number of benzene rings is 3. The van der Waals surface area contributed by atoms with E-state index in [9.17, 15) is 14.0 Å². The Labute approximate surface area is 220 Å². The van der Waals surface area contributed by atoms with Crippen molar-refractivity contribution in [1.82, 2.24) is 9.47 Å². The molecular formula is C30H28FN3O2S. The minimum absolute atomic E-state index is 0.0570. The van der Waals surface area contributed by atoms with Crippen LogP contribution in [0.2, 0.25) is 0 Å².